The van der Waals surface area contributed by atoms with E-state index in [2.05, 4.69) is 16.6 Å². The fourth-order valence-electron chi connectivity index (χ4n) is 3.37. The van der Waals surface area contributed by atoms with Crippen molar-refractivity contribution in [3.8, 4) is 11.5 Å². The predicted molar refractivity (Wildman–Crippen MR) is 107 cm³/mol. The maximum atomic E-state index is 13.1. The van der Waals surface area contributed by atoms with Crippen LogP contribution in [0.3, 0.4) is 0 Å². The van der Waals surface area contributed by atoms with Gasteiger partial charge in [0.15, 0.2) is 0 Å². The number of aromatic nitrogens is 2. The molecule has 0 amide bonds. The Morgan fingerprint density at radius 3 is 2.25 bits per heavy atom. The van der Waals surface area contributed by atoms with Gasteiger partial charge in [-0.05, 0) is 36.5 Å². The molecule has 1 aromatic carbocycles. The molecule has 9 heteroatoms. The van der Waals surface area contributed by atoms with Crippen molar-refractivity contribution in [3.63, 3.8) is 0 Å². The van der Waals surface area contributed by atoms with Gasteiger partial charge in [-0.1, -0.05) is 6.92 Å². The molecule has 1 atom stereocenters. The Morgan fingerprint density at radius 2 is 1.75 bits per heavy atom. The molecule has 28 heavy (non-hydrogen) atoms. The molecule has 1 fully saturated rings. The molecule has 154 valence electrons. The summed E-state index contributed by atoms with van der Waals surface area (Å²) in [7, 11) is 1.28. The van der Waals surface area contributed by atoms with Gasteiger partial charge in [-0.2, -0.15) is 17.4 Å². The van der Waals surface area contributed by atoms with Crippen LogP contribution in [-0.4, -0.2) is 49.6 Å². The van der Waals surface area contributed by atoms with E-state index >= 15 is 0 Å². The average molecular weight is 409 g/mol. The van der Waals surface area contributed by atoms with Crippen LogP contribution in [0.5, 0.6) is 11.5 Å². The number of benzene rings is 1. The van der Waals surface area contributed by atoms with Gasteiger partial charge in [0.25, 0.3) is 10.2 Å². The zero-order valence-electron chi connectivity index (χ0n) is 16.8. The third-order valence-corrected chi connectivity index (χ3v) is 6.75. The van der Waals surface area contributed by atoms with Crippen LogP contribution in [0.1, 0.15) is 37.2 Å². The Balaban J connectivity index is 1.98. The van der Waals surface area contributed by atoms with Crippen molar-refractivity contribution >= 4 is 10.2 Å². The number of nitrogens with zero attached hydrogens (tertiary/aromatic N) is 3. The summed E-state index contributed by atoms with van der Waals surface area (Å²) in [6.45, 7) is 3.19. The standard InChI is InChI=1S/C19H28N4O4S/c1-14-5-8-23(9-6-14)28(24,25)21-18(19-20-7-10-22(19)2)15-11-16(26-3)13-17(12-15)27-4/h7,10-14,18,21H,5-6,8-9H2,1-4H3/t18-/m0/s1. The van der Waals surface area contributed by atoms with Crippen LogP contribution < -0.4 is 14.2 Å². The average Bonchev–Trinajstić information content (AvgIpc) is 3.11. The van der Waals surface area contributed by atoms with Crippen LogP contribution in [0, 0.1) is 5.92 Å². The molecule has 0 spiro atoms. The summed E-state index contributed by atoms with van der Waals surface area (Å²) in [6.07, 6.45) is 5.16. The number of methoxy groups -OCH3 is 2. The molecular formula is C19H28N4O4S. The molecule has 0 bridgehead atoms. The third-order valence-electron chi connectivity index (χ3n) is 5.17. The molecule has 1 aliphatic rings. The van der Waals surface area contributed by atoms with Gasteiger partial charge in [-0.25, -0.2) is 4.98 Å². The molecule has 8 nitrogen and oxygen atoms in total. The molecule has 2 heterocycles. The molecular weight excluding hydrogens is 380 g/mol. The molecule has 2 aromatic rings. The van der Waals surface area contributed by atoms with E-state index in [-0.39, 0.29) is 0 Å². The van der Waals surface area contributed by atoms with Crippen LogP contribution in [-0.2, 0) is 17.3 Å². The lowest BCUT2D eigenvalue weighted by atomic mass is 10.0. The number of ether oxygens (including phenoxy) is 2. The molecule has 1 N–H and O–H groups in total. The smallest absolute Gasteiger partial charge is 0.280 e. The van der Waals surface area contributed by atoms with Crippen molar-refractivity contribution in [2.45, 2.75) is 25.8 Å². The molecule has 3 rings (SSSR count). The van der Waals surface area contributed by atoms with Crippen molar-refractivity contribution in [1.82, 2.24) is 18.6 Å². The molecule has 0 saturated carbocycles. The minimum Gasteiger partial charge on any atom is -0.497 e. The number of aryl methyl sites for hydroxylation is 1. The first-order valence-corrected chi connectivity index (χ1v) is 10.8. The zero-order valence-corrected chi connectivity index (χ0v) is 17.6. The quantitative estimate of drug-likeness (QED) is 0.758. The van der Waals surface area contributed by atoms with Gasteiger partial charge in [0.2, 0.25) is 0 Å². The van der Waals surface area contributed by atoms with Gasteiger partial charge in [-0.15, -0.1) is 0 Å². The van der Waals surface area contributed by atoms with Crippen molar-refractivity contribution < 1.29 is 17.9 Å². The summed E-state index contributed by atoms with van der Waals surface area (Å²) >= 11 is 0. The number of hydrogen-bond donors (Lipinski definition) is 1. The number of rotatable bonds is 7. The summed E-state index contributed by atoms with van der Waals surface area (Å²) in [5.74, 6) is 2.29. The van der Waals surface area contributed by atoms with Gasteiger partial charge in [0.05, 0.1) is 14.2 Å². The van der Waals surface area contributed by atoms with Crippen LogP contribution in [0.4, 0.5) is 0 Å². The first kappa shape index (κ1) is 20.6. The third kappa shape index (κ3) is 4.48. The van der Waals surface area contributed by atoms with Gasteiger partial charge in [-0.3, -0.25) is 0 Å². The second-order valence-corrected chi connectivity index (χ2v) is 8.88. The van der Waals surface area contributed by atoms with Gasteiger partial charge < -0.3 is 14.0 Å². The van der Waals surface area contributed by atoms with Gasteiger partial charge >= 0.3 is 0 Å². The summed E-state index contributed by atoms with van der Waals surface area (Å²) < 4.78 is 43.1. The Labute approximate surface area is 166 Å². The maximum absolute atomic E-state index is 13.1. The van der Waals surface area contributed by atoms with Gasteiger partial charge in [0, 0.05) is 38.6 Å². The highest BCUT2D eigenvalue weighted by Crippen LogP contribution is 2.30. The first-order valence-electron chi connectivity index (χ1n) is 9.31. The summed E-state index contributed by atoms with van der Waals surface area (Å²) in [6, 6.07) is 4.67. The van der Waals surface area contributed by atoms with Gasteiger partial charge in [0.1, 0.15) is 23.4 Å². The summed E-state index contributed by atoms with van der Waals surface area (Å²) in [4.78, 5) is 4.38. The van der Waals surface area contributed by atoms with E-state index in [4.69, 9.17) is 9.47 Å². The highest BCUT2D eigenvalue weighted by molar-refractivity contribution is 7.87. The summed E-state index contributed by atoms with van der Waals surface area (Å²) in [5, 5.41) is 0. The van der Waals surface area contributed by atoms with E-state index < -0.39 is 16.3 Å². The van der Waals surface area contributed by atoms with Crippen LogP contribution in [0.25, 0.3) is 0 Å². The minimum absolute atomic E-state index is 0.519. The molecule has 0 unspecified atom stereocenters. The lowest BCUT2D eigenvalue weighted by molar-refractivity contribution is 0.284. The molecule has 0 radical (unpaired) electrons. The highest BCUT2D eigenvalue weighted by atomic mass is 32.2. The second-order valence-electron chi connectivity index (χ2n) is 7.18. The monoisotopic (exact) mass is 408 g/mol. The normalized spacial score (nSPS) is 17.4. The minimum atomic E-state index is -3.69. The van der Waals surface area contributed by atoms with Crippen molar-refractivity contribution in [3.05, 3.63) is 42.0 Å². The fraction of sp³-hybridized carbons (Fsp3) is 0.526. The topological polar surface area (TPSA) is 85.7 Å². The Morgan fingerprint density at radius 1 is 1.14 bits per heavy atom. The highest BCUT2D eigenvalue weighted by Gasteiger charge is 2.31. The van der Waals surface area contributed by atoms with E-state index in [9.17, 15) is 8.42 Å². The number of nitrogens with one attached hydrogen (secondary N) is 1. The van der Waals surface area contributed by atoms with Crippen LogP contribution in [0.2, 0.25) is 0 Å². The SMILES string of the molecule is COc1cc(OC)cc([C@H](NS(=O)(=O)N2CCC(C)CC2)c2nccn2C)c1. The number of hydrogen-bond acceptors (Lipinski definition) is 5. The lowest BCUT2D eigenvalue weighted by Crippen LogP contribution is -2.46. The van der Waals surface area contributed by atoms with Crippen LogP contribution in [0.15, 0.2) is 30.6 Å². The van der Waals surface area contributed by atoms with Crippen molar-refractivity contribution in [1.29, 1.82) is 0 Å². The van der Waals surface area contributed by atoms with E-state index in [1.807, 2.05) is 7.05 Å². The Kier molecular flexibility index (Phi) is 6.26. The molecule has 1 saturated heterocycles. The molecule has 1 aliphatic heterocycles. The number of imidazole rings is 1. The fourth-order valence-corrected chi connectivity index (χ4v) is 4.75. The van der Waals surface area contributed by atoms with E-state index in [1.54, 1.807) is 49.4 Å². The maximum Gasteiger partial charge on any atom is 0.280 e. The second kappa shape index (κ2) is 8.50. The number of piperidine rings is 1. The van der Waals surface area contributed by atoms with E-state index in [0.29, 0.717) is 41.9 Å². The molecule has 1 aromatic heterocycles. The van der Waals surface area contributed by atoms with Crippen molar-refractivity contribution in [2.75, 3.05) is 27.3 Å². The van der Waals surface area contributed by atoms with E-state index in [1.165, 1.54) is 4.31 Å². The first-order chi connectivity index (χ1) is 13.3. The lowest BCUT2D eigenvalue weighted by Gasteiger charge is -2.31. The predicted octanol–water partition coefficient (Wildman–Crippen LogP) is 2.09. The molecule has 0 aliphatic carbocycles. The van der Waals surface area contributed by atoms with Crippen LogP contribution >= 0.6 is 0 Å². The largest absolute Gasteiger partial charge is 0.497 e. The zero-order chi connectivity index (χ0) is 20.3. The summed E-state index contributed by atoms with van der Waals surface area (Å²) in [5.41, 5.74) is 0.694. The van der Waals surface area contributed by atoms with E-state index in [0.717, 1.165) is 12.8 Å². The Hall–Kier alpha value is -2.10. The van der Waals surface area contributed by atoms with Crippen molar-refractivity contribution in [2.24, 2.45) is 13.0 Å². The Bertz CT molecular complexity index is 882.